The summed E-state index contributed by atoms with van der Waals surface area (Å²) in [6.07, 6.45) is 4.81. The number of hydrogen-bond donors (Lipinski definition) is 2. The fourth-order valence-electron chi connectivity index (χ4n) is 2.37. The van der Waals surface area contributed by atoms with E-state index in [1.807, 2.05) is 13.0 Å². The van der Waals surface area contributed by atoms with Crippen molar-refractivity contribution in [1.82, 2.24) is 15.2 Å². The molecule has 0 radical (unpaired) electrons. The van der Waals surface area contributed by atoms with E-state index in [1.54, 1.807) is 12.4 Å². The van der Waals surface area contributed by atoms with Crippen LogP contribution in [-0.2, 0) is 0 Å². The third-order valence-electron chi connectivity index (χ3n) is 3.25. The van der Waals surface area contributed by atoms with E-state index in [4.69, 9.17) is 11.6 Å². The minimum absolute atomic E-state index is 0.221. The van der Waals surface area contributed by atoms with Gasteiger partial charge in [0.25, 0.3) is 0 Å². The highest BCUT2D eigenvalue weighted by molar-refractivity contribution is 6.34. The van der Waals surface area contributed by atoms with Gasteiger partial charge in [0.05, 0.1) is 5.60 Å². The summed E-state index contributed by atoms with van der Waals surface area (Å²) in [4.78, 5) is 4.08. The Morgan fingerprint density at radius 1 is 1.39 bits per heavy atom. The van der Waals surface area contributed by atoms with E-state index in [0.717, 1.165) is 10.8 Å². The number of halogens is 1. The van der Waals surface area contributed by atoms with Crippen molar-refractivity contribution in [3.8, 4) is 0 Å². The summed E-state index contributed by atoms with van der Waals surface area (Å²) >= 11 is 5.99. The number of nitrogens with zero attached hydrogens (tertiary/aromatic N) is 3. The maximum Gasteiger partial charge on any atom is 0.159 e. The molecule has 0 unspecified atom stereocenters. The largest absolute Gasteiger partial charge is 0.390 e. The zero-order valence-electron chi connectivity index (χ0n) is 9.89. The third kappa shape index (κ3) is 2.00. The minimum atomic E-state index is -0.564. The van der Waals surface area contributed by atoms with Crippen molar-refractivity contribution in [2.45, 2.75) is 31.4 Å². The standard InChI is InChI=1S/C12H13ClN4O/c1-12(18)4-7(5-12)15-11-9-6-14-3-2-8(9)10(13)16-17-11/h2-3,6-7,18H,4-5H2,1H3,(H,15,17). The van der Waals surface area contributed by atoms with Crippen LogP contribution in [0.1, 0.15) is 19.8 Å². The van der Waals surface area contributed by atoms with E-state index in [-0.39, 0.29) is 6.04 Å². The summed E-state index contributed by atoms with van der Waals surface area (Å²) in [5.41, 5.74) is -0.564. The lowest BCUT2D eigenvalue weighted by molar-refractivity contribution is -0.0235. The van der Waals surface area contributed by atoms with Crippen molar-refractivity contribution in [1.29, 1.82) is 0 Å². The van der Waals surface area contributed by atoms with Gasteiger partial charge in [-0.05, 0) is 25.8 Å². The molecule has 0 aliphatic heterocycles. The number of pyridine rings is 1. The van der Waals surface area contributed by atoms with E-state index in [0.29, 0.717) is 23.8 Å². The predicted octanol–water partition coefficient (Wildman–Crippen LogP) is 2.00. The number of nitrogens with one attached hydrogen (secondary N) is 1. The van der Waals surface area contributed by atoms with Crippen LogP contribution < -0.4 is 5.32 Å². The first kappa shape index (κ1) is 11.6. The second-order valence-electron chi connectivity index (χ2n) is 5.01. The molecule has 2 N–H and O–H groups in total. The molecular weight excluding hydrogens is 252 g/mol. The van der Waals surface area contributed by atoms with Gasteiger partial charge in [0, 0.05) is 29.2 Å². The number of aromatic nitrogens is 3. The highest BCUT2D eigenvalue weighted by Crippen LogP contribution is 2.35. The van der Waals surface area contributed by atoms with Crippen LogP contribution in [0.5, 0.6) is 0 Å². The molecule has 1 aliphatic carbocycles. The third-order valence-corrected chi connectivity index (χ3v) is 3.53. The van der Waals surface area contributed by atoms with E-state index in [9.17, 15) is 5.11 Å². The molecule has 94 valence electrons. The van der Waals surface area contributed by atoms with Gasteiger partial charge in [0.1, 0.15) is 0 Å². The van der Waals surface area contributed by atoms with Crippen molar-refractivity contribution >= 4 is 28.2 Å². The van der Waals surface area contributed by atoms with Crippen LogP contribution in [0.3, 0.4) is 0 Å². The van der Waals surface area contributed by atoms with Gasteiger partial charge >= 0.3 is 0 Å². The molecule has 0 amide bonds. The molecule has 1 saturated carbocycles. The Bertz CT molecular complexity index is 594. The lowest BCUT2D eigenvalue weighted by atomic mass is 9.77. The maximum atomic E-state index is 9.71. The van der Waals surface area contributed by atoms with Crippen LogP contribution in [0, 0.1) is 0 Å². The SMILES string of the molecule is CC1(O)CC(Nc2nnc(Cl)c3ccncc23)C1. The molecular formula is C12H13ClN4O. The quantitative estimate of drug-likeness (QED) is 0.868. The van der Waals surface area contributed by atoms with E-state index in [1.165, 1.54) is 0 Å². The Hall–Kier alpha value is -1.46. The Kier molecular flexibility index (Phi) is 2.60. The topological polar surface area (TPSA) is 70.9 Å². The van der Waals surface area contributed by atoms with Gasteiger partial charge in [-0.15, -0.1) is 10.2 Å². The average molecular weight is 265 g/mol. The number of anilines is 1. The van der Waals surface area contributed by atoms with Crippen LogP contribution in [0.15, 0.2) is 18.5 Å². The number of hydrogen-bond acceptors (Lipinski definition) is 5. The molecule has 3 rings (SSSR count). The van der Waals surface area contributed by atoms with Gasteiger partial charge < -0.3 is 10.4 Å². The van der Waals surface area contributed by atoms with Gasteiger partial charge in [-0.1, -0.05) is 11.6 Å². The molecule has 18 heavy (non-hydrogen) atoms. The lowest BCUT2D eigenvalue weighted by Gasteiger charge is -2.41. The summed E-state index contributed by atoms with van der Waals surface area (Å²) in [5, 5.41) is 23.0. The summed E-state index contributed by atoms with van der Waals surface area (Å²) < 4.78 is 0. The van der Waals surface area contributed by atoms with Gasteiger partial charge in [0.2, 0.25) is 0 Å². The molecule has 2 aromatic rings. The van der Waals surface area contributed by atoms with Gasteiger partial charge in [-0.3, -0.25) is 4.98 Å². The molecule has 0 aromatic carbocycles. The lowest BCUT2D eigenvalue weighted by Crippen LogP contribution is -2.48. The van der Waals surface area contributed by atoms with Crippen molar-refractivity contribution < 1.29 is 5.11 Å². The first-order chi connectivity index (χ1) is 8.55. The number of fused-ring (bicyclic) bond motifs is 1. The Labute approximate surface area is 109 Å². The smallest absolute Gasteiger partial charge is 0.159 e. The molecule has 0 bridgehead atoms. The molecule has 1 fully saturated rings. The van der Waals surface area contributed by atoms with Crippen LogP contribution in [0.25, 0.3) is 10.8 Å². The summed E-state index contributed by atoms with van der Waals surface area (Å²) in [6, 6.07) is 2.04. The predicted molar refractivity (Wildman–Crippen MR) is 69.6 cm³/mol. The van der Waals surface area contributed by atoms with Crippen LogP contribution >= 0.6 is 11.6 Å². The monoisotopic (exact) mass is 264 g/mol. The zero-order chi connectivity index (χ0) is 12.8. The molecule has 6 heteroatoms. The van der Waals surface area contributed by atoms with E-state index in [2.05, 4.69) is 20.5 Å². The second kappa shape index (κ2) is 4.03. The van der Waals surface area contributed by atoms with Crippen molar-refractivity contribution in [2.24, 2.45) is 0 Å². The van der Waals surface area contributed by atoms with E-state index >= 15 is 0 Å². The molecule has 5 nitrogen and oxygen atoms in total. The average Bonchev–Trinajstić information content (AvgIpc) is 2.31. The Morgan fingerprint density at radius 2 is 2.17 bits per heavy atom. The highest BCUT2D eigenvalue weighted by Gasteiger charge is 2.38. The van der Waals surface area contributed by atoms with Crippen molar-refractivity contribution in [3.05, 3.63) is 23.6 Å². The molecule has 2 heterocycles. The van der Waals surface area contributed by atoms with Crippen LogP contribution in [-0.4, -0.2) is 31.9 Å². The number of rotatable bonds is 2. The molecule has 2 aromatic heterocycles. The fraction of sp³-hybridized carbons (Fsp3) is 0.417. The summed E-state index contributed by atoms with van der Waals surface area (Å²) in [6.45, 7) is 1.83. The normalized spacial score (nSPS) is 26.9. The second-order valence-corrected chi connectivity index (χ2v) is 5.37. The zero-order valence-corrected chi connectivity index (χ0v) is 10.6. The van der Waals surface area contributed by atoms with Crippen LogP contribution in [0.4, 0.5) is 5.82 Å². The minimum Gasteiger partial charge on any atom is -0.390 e. The highest BCUT2D eigenvalue weighted by atomic mass is 35.5. The summed E-state index contributed by atoms with van der Waals surface area (Å²) in [5.74, 6) is 0.669. The number of aliphatic hydroxyl groups is 1. The van der Waals surface area contributed by atoms with Crippen molar-refractivity contribution in [2.75, 3.05) is 5.32 Å². The van der Waals surface area contributed by atoms with E-state index < -0.39 is 5.60 Å². The van der Waals surface area contributed by atoms with Gasteiger partial charge in [-0.25, -0.2) is 0 Å². The Balaban J connectivity index is 1.91. The molecule has 0 spiro atoms. The molecule has 0 atom stereocenters. The van der Waals surface area contributed by atoms with Crippen LogP contribution in [0.2, 0.25) is 5.15 Å². The summed E-state index contributed by atoms with van der Waals surface area (Å²) in [7, 11) is 0. The maximum absolute atomic E-state index is 9.71. The van der Waals surface area contributed by atoms with Crippen molar-refractivity contribution in [3.63, 3.8) is 0 Å². The van der Waals surface area contributed by atoms with Gasteiger partial charge in [0.15, 0.2) is 11.0 Å². The molecule has 1 aliphatic rings. The molecule has 0 saturated heterocycles. The first-order valence-electron chi connectivity index (χ1n) is 5.80. The van der Waals surface area contributed by atoms with Gasteiger partial charge in [-0.2, -0.15) is 0 Å². The fourth-order valence-corrected chi connectivity index (χ4v) is 2.57. The first-order valence-corrected chi connectivity index (χ1v) is 6.18. The Morgan fingerprint density at radius 3 is 2.89 bits per heavy atom.